The standard InChI is InChI=1S/C22H28F3P/c23-22(24,25)18-12-4-2-1-3-5-13-19-26(20-14-8-6-9-15-20)21-16-10-7-11-17-21/h6-11,14-17H,1-5,12-13,18-19H2. The summed E-state index contributed by atoms with van der Waals surface area (Å²) in [6.45, 7) is 0. The van der Waals surface area contributed by atoms with E-state index in [0.29, 0.717) is 6.42 Å². The van der Waals surface area contributed by atoms with Crippen molar-refractivity contribution in [1.82, 2.24) is 0 Å². The van der Waals surface area contributed by atoms with Crippen LogP contribution in [0.25, 0.3) is 0 Å². The first-order chi connectivity index (χ1) is 12.6. The third-order valence-corrected chi connectivity index (χ3v) is 7.08. The minimum atomic E-state index is -3.99. The van der Waals surface area contributed by atoms with Crippen molar-refractivity contribution in [3.8, 4) is 0 Å². The first-order valence-corrected chi connectivity index (χ1v) is 11.0. The molecule has 2 aromatic rings. The third kappa shape index (κ3) is 8.36. The maximum atomic E-state index is 12.1. The highest BCUT2D eigenvalue weighted by Gasteiger charge is 2.25. The number of hydrogen-bond donors (Lipinski definition) is 0. The van der Waals surface area contributed by atoms with E-state index in [1.165, 1.54) is 23.2 Å². The van der Waals surface area contributed by atoms with E-state index in [-0.39, 0.29) is 14.3 Å². The Morgan fingerprint density at radius 3 is 1.46 bits per heavy atom. The molecule has 0 bridgehead atoms. The van der Waals surface area contributed by atoms with E-state index in [9.17, 15) is 13.2 Å². The lowest BCUT2D eigenvalue weighted by Gasteiger charge is -2.18. The maximum absolute atomic E-state index is 12.1. The molecule has 0 amide bonds. The van der Waals surface area contributed by atoms with Crippen molar-refractivity contribution in [1.29, 1.82) is 0 Å². The maximum Gasteiger partial charge on any atom is 0.389 e. The molecule has 0 saturated heterocycles. The molecule has 0 unspecified atom stereocenters. The second-order valence-corrected chi connectivity index (χ2v) is 9.00. The van der Waals surface area contributed by atoms with Crippen LogP contribution in [0.5, 0.6) is 0 Å². The van der Waals surface area contributed by atoms with Gasteiger partial charge in [-0.15, -0.1) is 0 Å². The Bertz CT molecular complexity index is 556. The molecule has 0 fully saturated rings. The molecular weight excluding hydrogens is 352 g/mol. The Labute approximate surface area is 156 Å². The fourth-order valence-electron chi connectivity index (χ4n) is 3.10. The number of alkyl halides is 3. The second kappa shape index (κ2) is 11.4. The number of unbranched alkanes of at least 4 members (excludes halogenated alkanes) is 6. The van der Waals surface area contributed by atoms with E-state index in [1.54, 1.807) is 0 Å². The Balaban J connectivity index is 1.69. The highest BCUT2D eigenvalue weighted by Crippen LogP contribution is 2.34. The molecular formula is C22H28F3P. The lowest BCUT2D eigenvalue weighted by Crippen LogP contribution is -2.13. The minimum absolute atomic E-state index is 0.275. The summed E-state index contributed by atoms with van der Waals surface area (Å²) in [4.78, 5) is 0. The normalized spacial score (nSPS) is 11.8. The monoisotopic (exact) mass is 380 g/mol. The van der Waals surface area contributed by atoms with Crippen LogP contribution in [0.15, 0.2) is 60.7 Å². The van der Waals surface area contributed by atoms with Gasteiger partial charge < -0.3 is 0 Å². The molecule has 0 spiro atoms. The Morgan fingerprint density at radius 2 is 1.00 bits per heavy atom. The number of halogens is 3. The zero-order valence-corrected chi connectivity index (χ0v) is 16.1. The molecule has 0 radical (unpaired) electrons. The number of benzene rings is 2. The Kier molecular flexibility index (Phi) is 9.18. The topological polar surface area (TPSA) is 0 Å². The lowest BCUT2D eigenvalue weighted by atomic mass is 10.1. The average Bonchev–Trinajstić information content (AvgIpc) is 2.64. The van der Waals surface area contributed by atoms with Crippen molar-refractivity contribution in [2.45, 2.75) is 57.5 Å². The summed E-state index contributed by atoms with van der Waals surface area (Å²) in [7, 11) is -0.319. The average molecular weight is 380 g/mol. The fourth-order valence-corrected chi connectivity index (χ4v) is 5.52. The predicted octanol–water partition coefficient (Wildman–Crippen LogP) is 6.80. The third-order valence-electron chi connectivity index (χ3n) is 4.48. The highest BCUT2D eigenvalue weighted by molar-refractivity contribution is 7.73. The summed E-state index contributed by atoms with van der Waals surface area (Å²) in [6.07, 6.45) is 2.95. The van der Waals surface area contributed by atoms with Gasteiger partial charge in [-0.25, -0.2) is 0 Å². The van der Waals surface area contributed by atoms with E-state index >= 15 is 0 Å². The summed E-state index contributed by atoms with van der Waals surface area (Å²) < 4.78 is 36.3. The summed E-state index contributed by atoms with van der Waals surface area (Å²) >= 11 is 0. The zero-order chi connectivity index (χ0) is 18.7. The summed E-state index contributed by atoms with van der Waals surface area (Å²) in [5.74, 6) is 0. The molecule has 4 heteroatoms. The van der Waals surface area contributed by atoms with Gasteiger partial charge in [-0.2, -0.15) is 13.2 Å². The summed E-state index contributed by atoms with van der Waals surface area (Å²) in [5, 5.41) is 2.83. The van der Waals surface area contributed by atoms with Gasteiger partial charge in [0, 0.05) is 6.42 Å². The van der Waals surface area contributed by atoms with Gasteiger partial charge in [-0.1, -0.05) is 92.8 Å². The van der Waals surface area contributed by atoms with Crippen molar-refractivity contribution < 1.29 is 13.2 Å². The first kappa shape index (κ1) is 21.0. The Morgan fingerprint density at radius 1 is 0.577 bits per heavy atom. The van der Waals surface area contributed by atoms with Gasteiger partial charge in [-0.3, -0.25) is 0 Å². The first-order valence-electron chi connectivity index (χ1n) is 9.51. The quantitative estimate of drug-likeness (QED) is 0.297. The highest BCUT2D eigenvalue weighted by atomic mass is 31.1. The van der Waals surface area contributed by atoms with Crippen LogP contribution < -0.4 is 10.6 Å². The van der Waals surface area contributed by atoms with Crippen LogP contribution in [0.1, 0.15) is 51.4 Å². The van der Waals surface area contributed by atoms with Crippen LogP contribution in [0.4, 0.5) is 13.2 Å². The lowest BCUT2D eigenvalue weighted by molar-refractivity contribution is -0.135. The molecule has 2 rings (SSSR count). The molecule has 0 saturated carbocycles. The zero-order valence-electron chi connectivity index (χ0n) is 15.2. The van der Waals surface area contributed by atoms with E-state index < -0.39 is 12.6 Å². The van der Waals surface area contributed by atoms with Crippen LogP contribution in [-0.2, 0) is 0 Å². The smallest absolute Gasteiger partial charge is 0.171 e. The van der Waals surface area contributed by atoms with Crippen molar-refractivity contribution in [2.75, 3.05) is 6.16 Å². The molecule has 142 valence electrons. The number of hydrogen-bond acceptors (Lipinski definition) is 0. The SMILES string of the molecule is FC(F)(F)CCCCCCCCCP(c1ccccc1)c1ccccc1. The largest absolute Gasteiger partial charge is 0.389 e. The predicted molar refractivity (Wildman–Crippen MR) is 107 cm³/mol. The van der Waals surface area contributed by atoms with Crippen molar-refractivity contribution in [3.05, 3.63) is 60.7 Å². The van der Waals surface area contributed by atoms with Gasteiger partial charge in [0.1, 0.15) is 0 Å². The van der Waals surface area contributed by atoms with Crippen molar-refractivity contribution in [2.24, 2.45) is 0 Å². The summed E-state index contributed by atoms with van der Waals surface area (Å²) in [5.41, 5.74) is 0. The van der Waals surface area contributed by atoms with Crippen molar-refractivity contribution in [3.63, 3.8) is 0 Å². The van der Waals surface area contributed by atoms with E-state index in [1.807, 2.05) is 0 Å². The van der Waals surface area contributed by atoms with Crippen LogP contribution in [0, 0.1) is 0 Å². The van der Waals surface area contributed by atoms with Gasteiger partial charge in [0.15, 0.2) is 0 Å². The van der Waals surface area contributed by atoms with E-state index in [4.69, 9.17) is 0 Å². The van der Waals surface area contributed by atoms with Crippen LogP contribution in [0.3, 0.4) is 0 Å². The molecule has 0 heterocycles. The van der Waals surface area contributed by atoms with Gasteiger partial charge in [0.25, 0.3) is 0 Å². The van der Waals surface area contributed by atoms with Crippen LogP contribution in [-0.4, -0.2) is 12.3 Å². The van der Waals surface area contributed by atoms with E-state index in [2.05, 4.69) is 60.7 Å². The second-order valence-electron chi connectivity index (χ2n) is 6.66. The van der Waals surface area contributed by atoms with Crippen LogP contribution >= 0.6 is 7.92 Å². The van der Waals surface area contributed by atoms with Gasteiger partial charge in [0.2, 0.25) is 0 Å². The minimum Gasteiger partial charge on any atom is -0.171 e. The molecule has 2 aromatic carbocycles. The van der Waals surface area contributed by atoms with Gasteiger partial charge in [-0.05, 0) is 37.5 Å². The molecule has 0 nitrogen and oxygen atoms in total. The molecule has 0 aliphatic carbocycles. The fraction of sp³-hybridized carbons (Fsp3) is 0.455. The summed E-state index contributed by atoms with van der Waals surface area (Å²) in [6, 6.07) is 21.4. The molecule has 0 atom stereocenters. The molecule has 0 aromatic heterocycles. The van der Waals surface area contributed by atoms with Crippen LogP contribution in [0.2, 0.25) is 0 Å². The van der Waals surface area contributed by atoms with Gasteiger partial charge >= 0.3 is 6.18 Å². The molecule has 0 aliphatic heterocycles. The number of rotatable bonds is 11. The van der Waals surface area contributed by atoms with E-state index in [0.717, 1.165) is 25.7 Å². The molecule has 26 heavy (non-hydrogen) atoms. The molecule has 0 N–H and O–H groups in total. The van der Waals surface area contributed by atoms with Crippen molar-refractivity contribution >= 4 is 18.5 Å². The van der Waals surface area contributed by atoms with Gasteiger partial charge in [0.05, 0.1) is 0 Å². The Hall–Kier alpha value is -1.34. The molecule has 0 aliphatic rings.